The minimum absolute atomic E-state index is 0.204. The molecule has 118 valence electrons. The van der Waals surface area contributed by atoms with Gasteiger partial charge >= 0.3 is 0 Å². The maximum absolute atomic E-state index is 12.5. The number of halogens is 1. The van der Waals surface area contributed by atoms with Crippen LogP contribution in [0.2, 0.25) is 0 Å². The highest BCUT2D eigenvalue weighted by Gasteiger charge is 2.16. The molecule has 6 heteroatoms. The summed E-state index contributed by atoms with van der Waals surface area (Å²) < 4.78 is 33.6. The second kappa shape index (κ2) is 6.37. The second-order valence-electron chi connectivity index (χ2n) is 4.96. The first-order valence-corrected chi connectivity index (χ1v) is 9.41. The topological polar surface area (TPSA) is 55.4 Å². The standard InChI is InChI=1S/C17H14INO3S/c1-22-17-9-8-15(11-16(17)18)23(20,21)19-14-7-6-12-4-2-3-5-13(12)10-14/h2-11,19H,1H3. The van der Waals surface area contributed by atoms with Crippen molar-refractivity contribution >= 4 is 49.1 Å². The molecule has 0 aliphatic rings. The number of ether oxygens (including phenoxy) is 1. The van der Waals surface area contributed by atoms with E-state index >= 15 is 0 Å². The quantitative estimate of drug-likeness (QED) is 0.619. The average molecular weight is 439 g/mol. The number of sulfonamides is 1. The van der Waals surface area contributed by atoms with Crippen LogP contribution in [-0.4, -0.2) is 15.5 Å². The molecule has 0 heterocycles. The summed E-state index contributed by atoms with van der Waals surface area (Å²) in [4.78, 5) is 0.204. The summed E-state index contributed by atoms with van der Waals surface area (Å²) in [5.41, 5.74) is 0.537. The fourth-order valence-electron chi connectivity index (χ4n) is 2.28. The minimum atomic E-state index is -3.64. The van der Waals surface area contributed by atoms with Crippen molar-refractivity contribution in [3.8, 4) is 5.75 Å². The lowest BCUT2D eigenvalue weighted by Crippen LogP contribution is -2.13. The van der Waals surface area contributed by atoms with Gasteiger partial charge in [0.1, 0.15) is 5.75 Å². The molecule has 0 saturated heterocycles. The van der Waals surface area contributed by atoms with Gasteiger partial charge in [-0.15, -0.1) is 0 Å². The van der Waals surface area contributed by atoms with Crippen LogP contribution in [0.3, 0.4) is 0 Å². The lowest BCUT2D eigenvalue weighted by Gasteiger charge is -2.10. The van der Waals surface area contributed by atoms with E-state index in [1.165, 1.54) is 6.07 Å². The second-order valence-corrected chi connectivity index (χ2v) is 7.81. The number of benzene rings is 3. The smallest absolute Gasteiger partial charge is 0.261 e. The number of methoxy groups -OCH3 is 1. The van der Waals surface area contributed by atoms with Crippen molar-refractivity contribution in [2.45, 2.75) is 4.90 Å². The highest BCUT2D eigenvalue weighted by atomic mass is 127. The zero-order valence-electron chi connectivity index (χ0n) is 12.3. The molecule has 1 N–H and O–H groups in total. The van der Waals surface area contributed by atoms with Crippen LogP contribution in [0.1, 0.15) is 0 Å². The van der Waals surface area contributed by atoms with Crippen molar-refractivity contribution in [3.05, 3.63) is 64.2 Å². The number of hydrogen-bond acceptors (Lipinski definition) is 3. The third kappa shape index (κ3) is 3.42. The van der Waals surface area contributed by atoms with Gasteiger partial charge in [-0.3, -0.25) is 4.72 Å². The average Bonchev–Trinajstić information content (AvgIpc) is 2.54. The van der Waals surface area contributed by atoms with E-state index < -0.39 is 10.0 Å². The molecule has 0 saturated carbocycles. The Morgan fingerprint density at radius 3 is 2.39 bits per heavy atom. The van der Waals surface area contributed by atoms with Crippen LogP contribution in [0.4, 0.5) is 5.69 Å². The SMILES string of the molecule is COc1ccc(S(=O)(=O)Nc2ccc3ccccc3c2)cc1I. The monoisotopic (exact) mass is 439 g/mol. The van der Waals surface area contributed by atoms with Crippen LogP contribution in [0.15, 0.2) is 65.6 Å². The summed E-state index contributed by atoms with van der Waals surface area (Å²) in [6, 6.07) is 18.0. The fraction of sp³-hybridized carbons (Fsp3) is 0.0588. The predicted molar refractivity (Wildman–Crippen MR) is 100 cm³/mol. The molecule has 0 unspecified atom stereocenters. The Kier molecular flexibility index (Phi) is 4.45. The minimum Gasteiger partial charge on any atom is -0.496 e. The summed E-state index contributed by atoms with van der Waals surface area (Å²) in [5.74, 6) is 0.648. The Balaban J connectivity index is 1.94. The van der Waals surface area contributed by atoms with Crippen LogP contribution in [0.5, 0.6) is 5.75 Å². The molecule has 23 heavy (non-hydrogen) atoms. The first kappa shape index (κ1) is 16.1. The van der Waals surface area contributed by atoms with Crippen molar-refractivity contribution in [3.63, 3.8) is 0 Å². The van der Waals surface area contributed by atoms with E-state index in [1.54, 1.807) is 25.3 Å². The lowest BCUT2D eigenvalue weighted by molar-refractivity contribution is 0.411. The third-order valence-corrected chi connectivity index (χ3v) is 5.66. The van der Waals surface area contributed by atoms with E-state index in [2.05, 4.69) is 27.3 Å². The molecule has 0 aromatic heterocycles. The zero-order chi connectivity index (χ0) is 16.4. The first-order chi connectivity index (χ1) is 11.0. The van der Waals surface area contributed by atoms with Crippen LogP contribution in [-0.2, 0) is 10.0 Å². The summed E-state index contributed by atoms with van der Waals surface area (Å²) in [6.07, 6.45) is 0. The van der Waals surface area contributed by atoms with E-state index in [4.69, 9.17) is 4.74 Å². The van der Waals surface area contributed by atoms with Gasteiger partial charge in [-0.2, -0.15) is 0 Å². The van der Waals surface area contributed by atoms with E-state index in [-0.39, 0.29) is 4.90 Å². The summed E-state index contributed by atoms with van der Waals surface area (Å²) >= 11 is 2.05. The molecule has 3 rings (SSSR count). The van der Waals surface area contributed by atoms with E-state index in [9.17, 15) is 8.42 Å². The van der Waals surface area contributed by atoms with Gasteiger partial charge in [-0.25, -0.2) is 8.42 Å². The maximum Gasteiger partial charge on any atom is 0.261 e. The molecule has 0 amide bonds. The molecular formula is C17H14INO3S. The van der Waals surface area contributed by atoms with Gasteiger partial charge in [0.2, 0.25) is 0 Å². The third-order valence-electron chi connectivity index (χ3n) is 3.44. The number of anilines is 1. The molecule has 0 bridgehead atoms. The predicted octanol–water partition coefficient (Wildman–Crippen LogP) is 4.25. The van der Waals surface area contributed by atoms with Crippen LogP contribution < -0.4 is 9.46 Å². The Morgan fingerprint density at radius 2 is 1.70 bits per heavy atom. The number of hydrogen-bond donors (Lipinski definition) is 1. The van der Waals surface area contributed by atoms with Crippen LogP contribution in [0, 0.1) is 3.57 Å². The van der Waals surface area contributed by atoms with E-state index in [1.807, 2.05) is 36.4 Å². The Hall–Kier alpha value is -1.80. The molecule has 3 aromatic rings. The normalized spacial score (nSPS) is 11.4. The van der Waals surface area contributed by atoms with Crippen molar-refractivity contribution in [1.82, 2.24) is 0 Å². The van der Waals surface area contributed by atoms with Gasteiger partial charge < -0.3 is 4.74 Å². The summed E-state index contributed by atoms with van der Waals surface area (Å²) in [6.45, 7) is 0. The van der Waals surface area contributed by atoms with E-state index in [0.29, 0.717) is 11.4 Å². The zero-order valence-corrected chi connectivity index (χ0v) is 15.3. The Labute approximate surface area is 148 Å². The molecule has 4 nitrogen and oxygen atoms in total. The number of fused-ring (bicyclic) bond motifs is 1. The highest BCUT2D eigenvalue weighted by Crippen LogP contribution is 2.26. The molecule has 0 aliphatic heterocycles. The first-order valence-electron chi connectivity index (χ1n) is 6.85. The van der Waals surface area contributed by atoms with Gasteiger partial charge in [0, 0.05) is 5.69 Å². The number of rotatable bonds is 4. The van der Waals surface area contributed by atoms with Crippen molar-refractivity contribution in [2.75, 3.05) is 11.8 Å². The molecular weight excluding hydrogens is 425 g/mol. The summed E-state index contributed by atoms with van der Waals surface area (Å²) in [7, 11) is -2.09. The van der Waals surface area contributed by atoms with Crippen molar-refractivity contribution in [1.29, 1.82) is 0 Å². The fourth-order valence-corrected chi connectivity index (χ4v) is 4.30. The van der Waals surface area contributed by atoms with E-state index in [0.717, 1.165) is 14.3 Å². The largest absolute Gasteiger partial charge is 0.496 e. The molecule has 0 spiro atoms. The van der Waals surface area contributed by atoms with Gasteiger partial charge in [-0.1, -0.05) is 30.3 Å². The van der Waals surface area contributed by atoms with Gasteiger partial charge in [0.15, 0.2) is 0 Å². The van der Waals surface area contributed by atoms with Crippen LogP contribution >= 0.6 is 22.6 Å². The van der Waals surface area contributed by atoms with Crippen LogP contribution in [0.25, 0.3) is 10.8 Å². The number of nitrogens with one attached hydrogen (secondary N) is 1. The van der Waals surface area contributed by atoms with Crippen molar-refractivity contribution in [2.24, 2.45) is 0 Å². The van der Waals surface area contributed by atoms with Crippen molar-refractivity contribution < 1.29 is 13.2 Å². The molecule has 3 aromatic carbocycles. The molecule has 0 radical (unpaired) electrons. The maximum atomic E-state index is 12.5. The lowest BCUT2D eigenvalue weighted by atomic mass is 10.1. The summed E-state index contributed by atoms with van der Waals surface area (Å²) in [5, 5.41) is 2.05. The van der Waals surface area contributed by atoms with Gasteiger partial charge in [-0.05, 0) is 63.7 Å². The van der Waals surface area contributed by atoms with Gasteiger partial charge in [0.25, 0.3) is 10.0 Å². The van der Waals surface area contributed by atoms with Gasteiger partial charge in [0.05, 0.1) is 15.6 Å². The molecule has 0 fully saturated rings. The molecule has 0 aliphatic carbocycles. The highest BCUT2D eigenvalue weighted by molar-refractivity contribution is 14.1. The Morgan fingerprint density at radius 1 is 0.957 bits per heavy atom. The Bertz CT molecular complexity index is 970. The molecule has 0 atom stereocenters.